The average Bonchev–Trinajstić information content (AvgIpc) is 2.80. The molecule has 0 radical (unpaired) electrons. The molecule has 1 heterocycles. The molecule has 0 saturated carbocycles. The maximum absolute atomic E-state index is 12.5. The number of hydrogen-bond acceptors (Lipinski definition) is 6. The average molecular weight is 516 g/mol. The summed E-state index contributed by atoms with van der Waals surface area (Å²) in [5, 5.41) is 4.26. The van der Waals surface area contributed by atoms with Crippen LogP contribution in [0.15, 0.2) is 76.3 Å². The van der Waals surface area contributed by atoms with E-state index in [0.29, 0.717) is 17.1 Å². The maximum atomic E-state index is 12.5. The van der Waals surface area contributed by atoms with Crippen LogP contribution in [0.4, 0.5) is 0 Å². The van der Waals surface area contributed by atoms with Crippen molar-refractivity contribution in [3.63, 3.8) is 0 Å². The number of benzene rings is 3. The lowest BCUT2D eigenvalue weighted by molar-refractivity contribution is -0.130. The number of rotatable bonds is 5. The summed E-state index contributed by atoms with van der Waals surface area (Å²) < 4.78 is 17.4. The number of halogens is 2. The first kappa shape index (κ1) is 21.9. The summed E-state index contributed by atoms with van der Waals surface area (Å²) >= 11 is 9.44. The van der Waals surface area contributed by atoms with Crippen molar-refractivity contribution in [1.82, 2.24) is 5.43 Å². The number of esters is 1. The molecule has 0 bridgehead atoms. The fourth-order valence-electron chi connectivity index (χ4n) is 2.88. The van der Waals surface area contributed by atoms with Crippen molar-refractivity contribution in [1.29, 1.82) is 0 Å². The van der Waals surface area contributed by atoms with E-state index in [9.17, 15) is 9.59 Å². The van der Waals surface area contributed by atoms with Crippen molar-refractivity contribution < 1.29 is 23.8 Å². The largest absolute Gasteiger partial charge is 0.485 e. The molecular formula is C23H16BrClN2O5. The molecule has 1 aliphatic heterocycles. The minimum atomic E-state index is -0.845. The Kier molecular flexibility index (Phi) is 6.72. The summed E-state index contributed by atoms with van der Waals surface area (Å²) in [5.74, 6) is 0.244. The third-order valence-corrected chi connectivity index (χ3v) is 5.27. The van der Waals surface area contributed by atoms with Crippen LogP contribution in [0.2, 0.25) is 5.02 Å². The second kappa shape index (κ2) is 9.84. The number of carbonyl (C=O) groups is 2. The molecule has 0 spiro atoms. The monoisotopic (exact) mass is 514 g/mol. The molecule has 1 atom stereocenters. The van der Waals surface area contributed by atoms with Gasteiger partial charge in [-0.25, -0.2) is 10.2 Å². The molecule has 1 N–H and O–H groups in total. The zero-order chi connectivity index (χ0) is 22.5. The Balaban J connectivity index is 1.44. The highest BCUT2D eigenvalue weighted by Gasteiger charge is 2.27. The van der Waals surface area contributed by atoms with Gasteiger partial charge in [-0.05, 0) is 42.5 Å². The van der Waals surface area contributed by atoms with Gasteiger partial charge in [-0.1, -0.05) is 51.8 Å². The van der Waals surface area contributed by atoms with Crippen LogP contribution in [0, 0.1) is 0 Å². The number of fused-ring (bicyclic) bond motifs is 1. The Hall–Kier alpha value is -3.36. The van der Waals surface area contributed by atoms with E-state index in [-0.39, 0.29) is 22.9 Å². The second-order valence-electron chi connectivity index (χ2n) is 6.65. The molecule has 162 valence electrons. The number of para-hydroxylation sites is 2. The van der Waals surface area contributed by atoms with Crippen molar-refractivity contribution in [2.75, 3.05) is 6.61 Å². The van der Waals surface area contributed by atoms with Crippen LogP contribution in [0.5, 0.6) is 17.2 Å². The van der Waals surface area contributed by atoms with Crippen molar-refractivity contribution in [2.24, 2.45) is 5.10 Å². The topological polar surface area (TPSA) is 86.2 Å². The molecule has 1 aliphatic rings. The van der Waals surface area contributed by atoms with Crippen LogP contribution in [-0.4, -0.2) is 30.8 Å². The zero-order valence-corrected chi connectivity index (χ0v) is 18.8. The Morgan fingerprint density at radius 2 is 1.84 bits per heavy atom. The van der Waals surface area contributed by atoms with Gasteiger partial charge >= 0.3 is 5.97 Å². The van der Waals surface area contributed by atoms with Gasteiger partial charge in [0.1, 0.15) is 12.4 Å². The summed E-state index contributed by atoms with van der Waals surface area (Å²) in [6, 6.07) is 18.7. The van der Waals surface area contributed by atoms with Crippen LogP contribution in [0.3, 0.4) is 0 Å². The highest BCUT2D eigenvalue weighted by Crippen LogP contribution is 2.31. The lowest BCUT2D eigenvalue weighted by Gasteiger charge is -2.24. The van der Waals surface area contributed by atoms with Gasteiger partial charge in [0.05, 0.1) is 16.8 Å². The highest BCUT2D eigenvalue weighted by atomic mass is 79.9. The Bertz CT molecular complexity index is 1200. The predicted molar refractivity (Wildman–Crippen MR) is 123 cm³/mol. The molecule has 3 aromatic rings. The van der Waals surface area contributed by atoms with E-state index < -0.39 is 18.0 Å². The highest BCUT2D eigenvalue weighted by molar-refractivity contribution is 9.10. The van der Waals surface area contributed by atoms with E-state index in [4.69, 9.17) is 25.8 Å². The molecule has 0 saturated heterocycles. The van der Waals surface area contributed by atoms with Gasteiger partial charge in [0.25, 0.3) is 5.91 Å². The third kappa shape index (κ3) is 5.09. The van der Waals surface area contributed by atoms with Gasteiger partial charge in [-0.2, -0.15) is 5.10 Å². The van der Waals surface area contributed by atoms with Gasteiger partial charge in [-0.15, -0.1) is 0 Å². The fourth-order valence-corrected chi connectivity index (χ4v) is 3.47. The van der Waals surface area contributed by atoms with Gasteiger partial charge < -0.3 is 14.2 Å². The molecule has 0 unspecified atom stereocenters. The number of ether oxygens (including phenoxy) is 3. The smallest absolute Gasteiger partial charge is 0.345 e. The van der Waals surface area contributed by atoms with Gasteiger partial charge in [0.2, 0.25) is 6.10 Å². The molecule has 0 aromatic heterocycles. The van der Waals surface area contributed by atoms with E-state index in [2.05, 4.69) is 26.5 Å². The van der Waals surface area contributed by atoms with E-state index in [1.165, 1.54) is 6.21 Å². The van der Waals surface area contributed by atoms with Crippen molar-refractivity contribution in [3.8, 4) is 17.2 Å². The summed E-state index contributed by atoms with van der Waals surface area (Å²) in [6.45, 7) is 0.0654. The summed E-state index contributed by atoms with van der Waals surface area (Å²) in [5.41, 5.74) is 3.12. The number of nitrogens with zero attached hydrogens (tertiary/aromatic N) is 1. The van der Waals surface area contributed by atoms with Gasteiger partial charge in [0, 0.05) is 10.0 Å². The van der Waals surface area contributed by atoms with Gasteiger partial charge in [0.15, 0.2) is 11.5 Å². The first-order valence-corrected chi connectivity index (χ1v) is 10.7. The summed E-state index contributed by atoms with van der Waals surface area (Å²) in [6.07, 6.45) is 0.525. The normalized spacial score (nSPS) is 14.8. The number of amides is 1. The first-order valence-electron chi connectivity index (χ1n) is 9.49. The van der Waals surface area contributed by atoms with E-state index >= 15 is 0 Å². The minimum absolute atomic E-state index is 0.0654. The van der Waals surface area contributed by atoms with E-state index in [0.717, 1.165) is 4.47 Å². The Morgan fingerprint density at radius 3 is 2.66 bits per heavy atom. The zero-order valence-electron chi connectivity index (χ0n) is 16.5. The second-order valence-corrected chi connectivity index (χ2v) is 7.97. The lowest BCUT2D eigenvalue weighted by atomic mass is 10.2. The van der Waals surface area contributed by atoms with Crippen LogP contribution in [-0.2, 0) is 4.79 Å². The molecule has 0 fully saturated rings. The Labute approximate surface area is 197 Å². The molecule has 0 aliphatic carbocycles. The van der Waals surface area contributed by atoms with Crippen molar-refractivity contribution in [3.05, 3.63) is 87.4 Å². The van der Waals surface area contributed by atoms with Crippen LogP contribution < -0.4 is 19.6 Å². The SMILES string of the molecule is O=C(Oc1ccc(Br)cc1/C=N/NC(=O)[C@H]1COc2ccccc2O1)c1ccccc1Cl. The molecule has 7 nitrogen and oxygen atoms in total. The molecule has 9 heteroatoms. The van der Waals surface area contributed by atoms with Crippen molar-refractivity contribution in [2.45, 2.75) is 6.10 Å². The van der Waals surface area contributed by atoms with Gasteiger partial charge in [-0.3, -0.25) is 4.79 Å². The number of carbonyl (C=O) groups excluding carboxylic acids is 2. The standard InChI is InChI=1S/C23H16BrClN2O5/c24-15-9-10-18(32-23(29)16-5-1-2-6-17(16)25)14(11-15)12-26-27-22(28)21-13-30-19-7-3-4-8-20(19)31-21/h1-12,21H,13H2,(H,27,28)/b26-12+/t21-/m1/s1. The molecule has 4 rings (SSSR count). The van der Waals surface area contributed by atoms with Crippen LogP contribution in [0.25, 0.3) is 0 Å². The fraction of sp³-hybridized carbons (Fsp3) is 0.0870. The first-order chi connectivity index (χ1) is 15.5. The number of hydrazone groups is 1. The quantitative estimate of drug-likeness (QED) is 0.232. The lowest BCUT2D eigenvalue weighted by Crippen LogP contribution is -2.42. The predicted octanol–water partition coefficient (Wildman–Crippen LogP) is 4.61. The summed E-state index contributed by atoms with van der Waals surface area (Å²) in [7, 11) is 0. The van der Waals surface area contributed by atoms with Crippen LogP contribution in [0.1, 0.15) is 15.9 Å². The Morgan fingerprint density at radius 1 is 1.09 bits per heavy atom. The molecule has 32 heavy (non-hydrogen) atoms. The number of nitrogens with one attached hydrogen (secondary N) is 1. The molecular weight excluding hydrogens is 500 g/mol. The van der Waals surface area contributed by atoms with E-state index in [1.54, 1.807) is 60.7 Å². The van der Waals surface area contributed by atoms with Crippen molar-refractivity contribution >= 4 is 45.6 Å². The minimum Gasteiger partial charge on any atom is -0.485 e. The summed E-state index contributed by atoms with van der Waals surface area (Å²) in [4.78, 5) is 24.9. The molecule has 1 amide bonds. The molecule has 3 aromatic carbocycles. The third-order valence-electron chi connectivity index (χ3n) is 4.45. The van der Waals surface area contributed by atoms with Crippen LogP contribution >= 0.6 is 27.5 Å². The maximum Gasteiger partial charge on any atom is 0.345 e. The van der Waals surface area contributed by atoms with E-state index in [1.807, 2.05) is 6.07 Å². The number of hydrogen-bond donors (Lipinski definition) is 1.